The number of nitrogens with two attached hydrogens (primary N) is 1. The van der Waals surface area contributed by atoms with Gasteiger partial charge in [0, 0.05) is 0 Å². The summed E-state index contributed by atoms with van der Waals surface area (Å²) in [5.41, 5.74) is 4.05. The Labute approximate surface area is 73.7 Å². The molecule has 0 fully saturated rings. The van der Waals surface area contributed by atoms with Gasteiger partial charge in [0.2, 0.25) is 5.91 Å². The van der Waals surface area contributed by atoms with Crippen molar-refractivity contribution in [3.8, 4) is 12.3 Å². The van der Waals surface area contributed by atoms with Crippen molar-refractivity contribution in [3.05, 3.63) is 0 Å². The molecule has 0 heterocycles. The van der Waals surface area contributed by atoms with Crippen LogP contribution in [0.4, 0.5) is 0 Å². The summed E-state index contributed by atoms with van der Waals surface area (Å²) in [6, 6.07) is 0. The van der Waals surface area contributed by atoms with Crippen LogP contribution in [0, 0.1) is 12.3 Å². The predicted molar refractivity (Wildman–Crippen MR) is 49.3 cm³/mol. The molecule has 0 aliphatic carbocycles. The van der Waals surface area contributed by atoms with Crippen LogP contribution in [0.2, 0.25) is 0 Å². The Hall–Kier alpha value is -1.01. The summed E-state index contributed by atoms with van der Waals surface area (Å²) in [5.74, 6) is 2.21. The third kappa shape index (κ3) is 3.40. The van der Waals surface area contributed by atoms with Gasteiger partial charge < -0.3 is 11.1 Å². The lowest BCUT2D eigenvalue weighted by molar-refractivity contribution is -0.126. The monoisotopic (exact) mass is 168 g/mol. The second-order valence-electron chi connectivity index (χ2n) is 3.95. The average molecular weight is 168 g/mol. The Morgan fingerprint density at radius 3 is 2.08 bits per heavy atom. The molecule has 0 aromatic heterocycles. The van der Waals surface area contributed by atoms with E-state index in [0.29, 0.717) is 0 Å². The van der Waals surface area contributed by atoms with Gasteiger partial charge in [-0.3, -0.25) is 4.79 Å². The molecule has 0 aromatic carbocycles. The quantitative estimate of drug-likeness (QED) is 0.581. The van der Waals surface area contributed by atoms with Crippen molar-refractivity contribution >= 4 is 5.91 Å². The standard InChI is InChI=1S/C9H16N2O/c1-6-8(2,3)11-7(12)9(4,5)10/h1H,10H2,2-5H3,(H,11,12). The van der Waals surface area contributed by atoms with Crippen LogP contribution in [0.3, 0.4) is 0 Å². The largest absolute Gasteiger partial charge is 0.339 e. The van der Waals surface area contributed by atoms with E-state index in [9.17, 15) is 4.79 Å². The molecular formula is C9H16N2O. The summed E-state index contributed by atoms with van der Waals surface area (Å²) in [7, 11) is 0. The maximum absolute atomic E-state index is 11.3. The van der Waals surface area contributed by atoms with Gasteiger partial charge in [-0.25, -0.2) is 0 Å². The van der Waals surface area contributed by atoms with Crippen LogP contribution in [0.1, 0.15) is 27.7 Å². The van der Waals surface area contributed by atoms with Crippen LogP contribution in [-0.4, -0.2) is 17.0 Å². The van der Waals surface area contributed by atoms with Gasteiger partial charge in [-0.2, -0.15) is 0 Å². The Morgan fingerprint density at radius 1 is 1.42 bits per heavy atom. The zero-order valence-electron chi connectivity index (χ0n) is 8.06. The van der Waals surface area contributed by atoms with Crippen LogP contribution in [0.5, 0.6) is 0 Å². The number of carbonyl (C=O) groups is 1. The summed E-state index contributed by atoms with van der Waals surface area (Å²) in [4.78, 5) is 11.3. The van der Waals surface area contributed by atoms with Crippen LogP contribution in [-0.2, 0) is 4.79 Å². The van der Waals surface area contributed by atoms with Crippen molar-refractivity contribution in [1.29, 1.82) is 0 Å². The molecular weight excluding hydrogens is 152 g/mol. The fraction of sp³-hybridized carbons (Fsp3) is 0.667. The number of rotatable bonds is 2. The second kappa shape index (κ2) is 3.16. The number of carbonyl (C=O) groups excluding carboxylic acids is 1. The molecule has 0 bridgehead atoms. The Morgan fingerprint density at radius 2 is 1.83 bits per heavy atom. The molecule has 3 nitrogen and oxygen atoms in total. The van der Waals surface area contributed by atoms with E-state index in [4.69, 9.17) is 12.2 Å². The maximum atomic E-state index is 11.3. The third-order valence-electron chi connectivity index (χ3n) is 1.37. The van der Waals surface area contributed by atoms with E-state index in [2.05, 4.69) is 11.2 Å². The fourth-order valence-electron chi connectivity index (χ4n) is 0.481. The van der Waals surface area contributed by atoms with Crippen molar-refractivity contribution in [2.75, 3.05) is 0 Å². The zero-order chi connectivity index (χ0) is 9.99. The molecule has 12 heavy (non-hydrogen) atoms. The van der Waals surface area contributed by atoms with E-state index in [1.165, 1.54) is 0 Å². The van der Waals surface area contributed by atoms with E-state index >= 15 is 0 Å². The molecule has 0 radical (unpaired) electrons. The number of hydrogen-bond acceptors (Lipinski definition) is 2. The summed E-state index contributed by atoms with van der Waals surface area (Å²) in [6.07, 6.45) is 5.19. The van der Waals surface area contributed by atoms with Crippen molar-refractivity contribution in [2.24, 2.45) is 5.73 Å². The van der Waals surface area contributed by atoms with E-state index < -0.39 is 11.1 Å². The van der Waals surface area contributed by atoms with Crippen LogP contribution >= 0.6 is 0 Å². The van der Waals surface area contributed by atoms with E-state index in [-0.39, 0.29) is 5.91 Å². The number of amides is 1. The van der Waals surface area contributed by atoms with Gasteiger partial charge >= 0.3 is 0 Å². The summed E-state index contributed by atoms with van der Waals surface area (Å²) >= 11 is 0. The minimum absolute atomic E-state index is 0.245. The molecule has 0 aliphatic rings. The zero-order valence-corrected chi connectivity index (χ0v) is 8.06. The molecule has 0 saturated carbocycles. The first-order chi connectivity index (χ1) is 5.19. The lowest BCUT2D eigenvalue weighted by Crippen LogP contribution is -2.55. The van der Waals surface area contributed by atoms with Gasteiger partial charge in [0.15, 0.2) is 0 Å². The van der Waals surface area contributed by atoms with Crippen LogP contribution < -0.4 is 11.1 Å². The van der Waals surface area contributed by atoms with E-state index in [1.54, 1.807) is 27.7 Å². The van der Waals surface area contributed by atoms with Gasteiger partial charge in [-0.15, -0.1) is 6.42 Å². The van der Waals surface area contributed by atoms with Gasteiger partial charge in [-0.1, -0.05) is 5.92 Å². The van der Waals surface area contributed by atoms with Gasteiger partial charge in [0.1, 0.15) is 0 Å². The fourth-order valence-corrected chi connectivity index (χ4v) is 0.481. The number of hydrogen-bond donors (Lipinski definition) is 2. The summed E-state index contributed by atoms with van der Waals surface area (Å²) < 4.78 is 0. The topological polar surface area (TPSA) is 55.1 Å². The Balaban J connectivity index is 4.33. The van der Waals surface area contributed by atoms with Gasteiger partial charge in [-0.05, 0) is 27.7 Å². The van der Waals surface area contributed by atoms with Gasteiger partial charge in [0.25, 0.3) is 0 Å². The molecule has 1 amide bonds. The maximum Gasteiger partial charge on any atom is 0.240 e. The van der Waals surface area contributed by atoms with Crippen LogP contribution in [0.25, 0.3) is 0 Å². The van der Waals surface area contributed by atoms with Crippen molar-refractivity contribution < 1.29 is 4.79 Å². The molecule has 0 saturated heterocycles. The summed E-state index contributed by atoms with van der Waals surface area (Å²) in [6.45, 7) is 6.76. The number of terminal acetylenes is 1. The highest BCUT2D eigenvalue weighted by molar-refractivity contribution is 5.86. The molecule has 0 unspecified atom stereocenters. The lowest BCUT2D eigenvalue weighted by Gasteiger charge is -2.25. The molecule has 3 N–H and O–H groups in total. The lowest BCUT2D eigenvalue weighted by atomic mass is 10.0. The van der Waals surface area contributed by atoms with Crippen molar-refractivity contribution in [1.82, 2.24) is 5.32 Å². The van der Waals surface area contributed by atoms with E-state index in [0.717, 1.165) is 0 Å². The molecule has 0 aromatic rings. The van der Waals surface area contributed by atoms with E-state index in [1.807, 2.05) is 0 Å². The highest BCUT2D eigenvalue weighted by Gasteiger charge is 2.26. The third-order valence-corrected chi connectivity index (χ3v) is 1.37. The predicted octanol–water partition coefficient (Wildman–Crippen LogP) is 0.252. The Kier molecular flexibility index (Phi) is 2.89. The summed E-state index contributed by atoms with van der Waals surface area (Å²) in [5, 5.41) is 2.65. The van der Waals surface area contributed by atoms with Gasteiger partial charge in [0.05, 0.1) is 11.1 Å². The molecule has 0 atom stereocenters. The normalized spacial score (nSPS) is 12.0. The van der Waals surface area contributed by atoms with Crippen LogP contribution in [0.15, 0.2) is 0 Å². The number of nitrogens with one attached hydrogen (secondary N) is 1. The highest BCUT2D eigenvalue weighted by Crippen LogP contribution is 2.03. The minimum Gasteiger partial charge on any atom is -0.339 e. The van der Waals surface area contributed by atoms with Crippen molar-refractivity contribution in [2.45, 2.75) is 38.8 Å². The molecule has 0 spiro atoms. The minimum atomic E-state index is -0.881. The first-order valence-corrected chi connectivity index (χ1v) is 3.78. The Bertz CT molecular complexity index is 218. The second-order valence-corrected chi connectivity index (χ2v) is 3.95. The molecule has 0 aliphatic heterocycles. The van der Waals surface area contributed by atoms with Crippen molar-refractivity contribution in [3.63, 3.8) is 0 Å². The molecule has 68 valence electrons. The smallest absolute Gasteiger partial charge is 0.240 e. The first-order valence-electron chi connectivity index (χ1n) is 3.78. The highest BCUT2D eigenvalue weighted by atomic mass is 16.2. The first kappa shape index (κ1) is 11.0. The molecule has 3 heteroatoms. The SMILES string of the molecule is C#CC(C)(C)NC(=O)C(C)(C)N. The molecule has 0 rings (SSSR count). The average Bonchev–Trinajstić information content (AvgIpc) is 1.85.